The molecule has 0 spiro atoms. The summed E-state index contributed by atoms with van der Waals surface area (Å²) in [6.45, 7) is 4.13. The second-order valence-corrected chi connectivity index (χ2v) is 8.03. The summed E-state index contributed by atoms with van der Waals surface area (Å²) in [7, 11) is 0. The van der Waals surface area contributed by atoms with Crippen LogP contribution in [0.5, 0.6) is 0 Å². The van der Waals surface area contributed by atoms with E-state index in [4.69, 9.17) is 9.15 Å². The highest BCUT2D eigenvalue weighted by Gasteiger charge is 2.23. The van der Waals surface area contributed by atoms with E-state index in [9.17, 15) is 14.9 Å². The van der Waals surface area contributed by atoms with E-state index in [0.29, 0.717) is 54.7 Å². The number of hydrogen-bond donors (Lipinski definition) is 1. The van der Waals surface area contributed by atoms with Crippen LogP contribution in [0.2, 0.25) is 0 Å². The average Bonchev–Trinajstić information content (AvgIpc) is 3.27. The third kappa shape index (κ3) is 4.20. The van der Waals surface area contributed by atoms with Crippen LogP contribution in [-0.2, 0) is 4.74 Å². The summed E-state index contributed by atoms with van der Waals surface area (Å²) < 4.78 is 11.2. The second kappa shape index (κ2) is 8.95. The van der Waals surface area contributed by atoms with Gasteiger partial charge in [0.1, 0.15) is 11.2 Å². The number of aryl methyl sites for hydroxylation is 1. The smallest absolute Gasteiger partial charge is 0.293 e. The predicted octanol–water partition coefficient (Wildman–Crippen LogP) is 4.80. The number of rotatable bonds is 5. The number of fused-ring (bicyclic) bond motifs is 1. The van der Waals surface area contributed by atoms with Gasteiger partial charge in [0, 0.05) is 36.0 Å². The summed E-state index contributed by atoms with van der Waals surface area (Å²) in [5, 5.41) is 14.5. The first-order valence-electron chi connectivity index (χ1n) is 10.9. The number of oxazole rings is 1. The quantitative estimate of drug-likeness (QED) is 0.338. The number of aromatic nitrogens is 1. The van der Waals surface area contributed by atoms with Gasteiger partial charge in [-0.15, -0.1) is 0 Å². The minimum atomic E-state index is -0.462. The molecule has 0 radical (unpaired) electrons. The highest BCUT2D eigenvalue weighted by atomic mass is 16.6. The Labute approximate surface area is 195 Å². The van der Waals surface area contributed by atoms with Gasteiger partial charge in [0.15, 0.2) is 5.58 Å². The standard InChI is InChI=1S/C25H22N4O5/c1-16-4-2-3-5-19(16)25-27-20-15-18(7-9-23(20)34-25)26-24(30)17-6-8-21(22(14-17)29(31)32)28-10-12-33-13-11-28/h2-9,14-15H,10-13H2,1H3,(H,26,30). The Hall–Kier alpha value is -4.24. The van der Waals surface area contributed by atoms with Crippen molar-refractivity contribution in [1.29, 1.82) is 0 Å². The molecule has 1 N–H and O–H groups in total. The minimum Gasteiger partial charge on any atom is -0.436 e. The zero-order valence-electron chi connectivity index (χ0n) is 18.5. The lowest BCUT2D eigenvalue weighted by Gasteiger charge is -2.28. The Morgan fingerprint density at radius 1 is 1.09 bits per heavy atom. The van der Waals surface area contributed by atoms with Crippen molar-refractivity contribution in [3.63, 3.8) is 0 Å². The zero-order valence-corrected chi connectivity index (χ0v) is 18.5. The fourth-order valence-electron chi connectivity index (χ4n) is 4.02. The summed E-state index contributed by atoms with van der Waals surface area (Å²) in [5.41, 5.74) is 4.24. The Bertz CT molecular complexity index is 1390. The van der Waals surface area contributed by atoms with Crippen molar-refractivity contribution in [2.24, 2.45) is 0 Å². The van der Waals surface area contributed by atoms with Crippen molar-refractivity contribution < 1.29 is 18.9 Å². The summed E-state index contributed by atoms with van der Waals surface area (Å²) in [6.07, 6.45) is 0. The van der Waals surface area contributed by atoms with Crippen molar-refractivity contribution in [2.45, 2.75) is 6.92 Å². The number of anilines is 2. The highest BCUT2D eigenvalue weighted by Crippen LogP contribution is 2.31. The van der Waals surface area contributed by atoms with Crippen LogP contribution >= 0.6 is 0 Å². The lowest BCUT2D eigenvalue weighted by atomic mass is 10.1. The molecule has 1 fully saturated rings. The number of morpholine rings is 1. The van der Waals surface area contributed by atoms with Gasteiger partial charge >= 0.3 is 0 Å². The first kappa shape index (κ1) is 21.6. The lowest BCUT2D eigenvalue weighted by Crippen LogP contribution is -2.36. The summed E-state index contributed by atoms with van der Waals surface area (Å²) in [6, 6.07) is 17.5. The number of amides is 1. The molecule has 172 valence electrons. The second-order valence-electron chi connectivity index (χ2n) is 8.03. The molecule has 9 nitrogen and oxygen atoms in total. The third-order valence-electron chi connectivity index (χ3n) is 5.81. The van der Waals surface area contributed by atoms with E-state index in [2.05, 4.69) is 10.3 Å². The zero-order chi connectivity index (χ0) is 23.7. The van der Waals surface area contributed by atoms with E-state index >= 15 is 0 Å². The van der Waals surface area contributed by atoms with Crippen LogP contribution < -0.4 is 10.2 Å². The molecule has 3 aromatic carbocycles. The van der Waals surface area contributed by atoms with Gasteiger partial charge < -0.3 is 19.4 Å². The molecule has 0 aliphatic carbocycles. The van der Waals surface area contributed by atoms with Crippen LogP contribution in [0.25, 0.3) is 22.6 Å². The Balaban J connectivity index is 1.39. The van der Waals surface area contributed by atoms with Crippen molar-refractivity contribution in [2.75, 3.05) is 36.5 Å². The molecule has 1 aromatic heterocycles. The van der Waals surface area contributed by atoms with E-state index in [-0.39, 0.29) is 11.3 Å². The number of carbonyl (C=O) groups is 1. The number of nitro benzene ring substituents is 1. The molecule has 1 aliphatic heterocycles. The van der Waals surface area contributed by atoms with Crippen LogP contribution in [0.15, 0.2) is 65.1 Å². The first-order valence-corrected chi connectivity index (χ1v) is 10.9. The number of nitro groups is 1. The Kier molecular flexibility index (Phi) is 5.69. The molecule has 2 heterocycles. The number of ether oxygens (including phenoxy) is 1. The number of hydrogen-bond acceptors (Lipinski definition) is 7. The minimum absolute atomic E-state index is 0.107. The monoisotopic (exact) mass is 458 g/mol. The average molecular weight is 458 g/mol. The van der Waals surface area contributed by atoms with Crippen LogP contribution in [0.1, 0.15) is 15.9 Å². The van der Waals surface area contributed by atoms with Crippen LogP contribution in [0.3, 0.4) is 0 Å². The Morgan fingerprint density at radius 2 is 1.88 bits per heavy atom. The molecule has 1 saturated heterocycles. The van der Waals surface area contributed by atoms with Crippen molar-refractivity contribution >= 4 is 34.1 Å². The maximum atomic E-state index is 12.9. The Morgan fingerprint density at radius 3 is 2.65 bits per heavy atom. The topological polar surface area (TPSA) is 111 Å². The summed E-state index contributed by atoms with van der Waals surface area (Å²) >= 11 is 0. The van der Waals surface area contributed by atoms with E-state index in [0.717, 1.165) is 11.1 Å². The van der Waals surface area contributed by atoms with Crippen molar-refractivity contribution in [3.8, 4) is 11.5 Å². The number of nitrogens with one attached hydrogen (secondary N) is 1. The predicted molar refractivity (Wildman–Crippen MR) is 128 cm³/mol. The van der Waals surface area contributed by atoms with Gasteiger partial charge in [-0.3, -0.25) is 14.9 Å². The van der Waals surface area contributed by atoms with E-state index in [1.807, 2.05) is 36.1 Å². The first-order chi connectivity index (χ1) is 16.5. The van der Waals surface area contributed by atoms with Crippen molar-refractivity contribution in [3.05, 3.63) is 81.9 Å². The van der Waals surface area contributed by atoms with Gasteiger partial charge in [0.05, 0.1) is 18.1 Å². The molecular weight excluding hydrogens is 436 g/mol. The fourth-order valence-corrected chi connectivity index (χ4v) is 4.02. The van der Waals surface area contributed by atoms with Crippen molar-refractivity contribution in [1.82, 2.24) is 4.98 Å². The summed E-state index contributed by atoms with van der Waals surface area (Å²) in [4.78, 5) is 30.6. The number of nitrogens with zero attached hydrogens (tertiary/aromatic N) is 3. The molecule has 5 rings (SSSR count). The van der Waals surface area contributed by atoms with Gasteiger partial charge in [-0.2, -0.15) is 0 Å². The molecule has 1 amide bonds. The SMILES string of the molecule is Cc1ccccc1-c1nc2cc(NC(=O)c3ccc(N4CCOCC4)c([N+](=O)[O-])c3)ccc2o1. The summed E-state index contributed by atoms with van der Waals surface area (Å²) in [5.74, 6) is 0.0597. The molecule has 34 heavy (non-hydrogen) atoms. The van der Waals surface area contributed by atoms with Gasteiger partial charge in [-0.25, -0.2) is 4.98 Å². The molecule has 0 saturated carbocycles. The highest BCUT2D eigenvalue weighted by molar-refractivity contribution is 6.05. The molecule has 0 atom stereocenters. The molecule has 0 unspecified atom stereocenters. The molecule has 0 bridgehead atoms. The maximum Gasteiger partial charge on any atom is 0.293 e. The van der Waals surface area contributed by atoms with Gasteiger partial charge in [-0.1, -0.05) is 18.2 Å². The molecule has 4 aromatic rings. The van der Waals surface area contributed by atoms with Gasteiger partial charge in [0.25, 0.3) is 11.6 Å². The fraction of sp³-hybridized carbons (Fsp3) is 0.200. The van der Waals surface area contributed by atoms with E-state index in [1.54, 1.807) is 30.3 Å². The largest absolute Gasteiger partial charge is 0.436 e. The third-order valence-corrected chi connectivity index (χ3v) is 5.81. The molecule has 1 aliphatic rings. The van der Waals surface area contributed by atoms with Crippen LogP contribution in [0.4, 0.5) is 17.1 Å². The number of benzene rings is 3. The normalized spacial score (nSPS) is 13.7. The van der Waals surface area contributed by atoms with Gasteiger partial charge in [-0.05, 0) is 48.9 Å². The molecular formula is C25H22N4O5. The van der Waals surface area contributed by atoms with Gasteiger partial charge in [0.2, 0.25) is 5.89 Å². The maximum absolute atomic E-state index is 12.9. The lowest BCUT2D eigenvalue weighted by molar-refractivity contribution is -0.384. The van der Waals surface area contributed by atoms with E-state index in [1.165, 1.54) is 6.07 Å². The van der Waals surface area contributed by atoms with Crippen LogP contribution in [-0.4, -0.2) is 42.1 Å². The van der Waals surface area contributed by atoms with Crippen LogP contribution in [0, 0.1) is 17.0 Å². The van der Waals surface area contributed by atoms with E-state index < -0.39 is 10.8 Å². The number of carbonyl (C=O) groups excluding carboxylic acids is 1. The molecule has 9 heteroatoms.